The van der Waals surface area contributed by atoms with E-state index in [9.17, 15) is 9.59 Å². The van der Waals surface area contributed by atoms with Gasteiger partial charge in [0.15, 0.2) is 12.1 Å². The van der Waals surface area contributed by atoms with Gasteiger partial charge in [-0.05, 0) is 12.8 Å². The van der Waals surface area contributed by atoms with Crippen LogP contribution in [0.1, 0.15) is 23.3 Å². The Bertz CT molecular complexity index is 836. The van der Waals surface area contributed by atoms with Gasteiger partial charge in [0.1, 0.15) is 12.8 Å². The van der Waals surface area contributed by atoms with Crippen LogP contribution in [0.5, 0.6) is 0 Å². The Kier molecular flexibility index (Phi) is 3.78. The fourth-order valence-electron chi connectivity index (χ4n) is 4.93. The second-order valence-electron chi connectivity index (χ2n) is 7.63. The second-order valence-corrected chi connectivity index (χ2v) is 7.63. The summed E-state index contributed by atoms with van der Waals surface area (Å²) in [7, 11) is 0. The van der Waals surface area contributed by atoms with Crippen LogP contribution in [0, 0.1) is 11.8 Å². The number of hydrogen-bond acceptors (Lipinski definition) is 6. The highest BCUT2D eigenvalue weighted by Crippen LogP contribution is 2.54. The molecule has 27 heavy (non-hydrogen) atoms. The van der Waals surface area contributed by atoms with Crippen molar-refractivity contribution >= 4 is 11.8 Å². The lowest BCUT2D eigenvalue weighted by Gasteiger charge is -2.29. The minimum Gasteiger partial charge on any atom is -0.451 e. The Hall–Kier alpha value is -2.68. The molecule has 0 saturated carbocycles. The number of nitrogens with zero attached hydrogens (tertiary/aromatic N) is 4. The van der Waals surface area contributed by atoms with E-state index in [2.05, 4.69) is 15.3 Å². The molecule has 1 spiro atoms. The lowest BCUT2D eigenvalue weighted by atomic mass is 9.73. The molecule has 0 aromatic carbocycles. The van der Waals surface area contributed by atoms with Crippen molar-refractivity contribution in [2.75, 3.05) is 19.6 Å². The molecule has 3 aliphatic rings. The van der Waals surface area contributed by atoms with Crippen LogP contribution in [-0.4, -0.2) is 62.6 Å². The number of rotatable bonds is 5. The van der Waals surface area contributed by atoms with E-state index in [1.54, 1.807) is 23.3 Å². The standard InChI is InChI=1S/C18H21N5O4/c24-16(7-22-4-3-19-10-22)20-5-12-13-6-23(17(25)14-8-26-11-21-14)9-18(13)2-1-15(12)27-18/h3-4,8,10-13,15H,1-2,5-7,9H2,(H,20,24)/t12-,13+,15+,18+/m0/s1. The fourth-order valence-corrected chi connectivity index (χ4v) is 4.93. The van der Waals surface area contributed by atoms with E-state index in [1.165, 1.54) is 12.7 Å². The van der Waals surface area contributed by atoms with E-state index in [0.29, 0.717) is 25.3 Å². The molecule has 3 saturated heterocycles. The first-order valence-electron chi connectivity index (χ1n) is 9.22. The maximum absolute atomic E-state index is 12.6. The van der Waals surface area contributed by atoms with Gasteiger partial charge >= 0.3 is 0 Å². The molecule has 0 unspecified atom stereocenters. The third kappa shape index (κ3) is 2.73. The van der Waals surface area contributed by atoms with E-state index < -0.39 is 0 Å². The molecule has 3 fully saturated rings. The third-order valence-electron chi connectivity index (χ3n) is 6.14. The molecule has 9 heteroatoms. The maximum atomic E-state index is 12.6. The molecule has 2 bridgehead atoms. The largest absolute Gasteiger partial charge is 0.451 e. The summed E-state index contributed by atoms with van der Waals surface area (Å²) in [4.78, 5) is 34.6. The summed E-state index contributed by atoms with van der Waals surface area (Å²) in [5.74, 6) is 0.294. The van der Waals surface area contributed by atoms with E-state index in [4.69, 9.17) is 9.15 Å². The Balaban J connectivity index is 1.24. The van der Waals surface area contributed by atoms with Crippen LogP contribution in [0.25, 0.3) is 0 Å². The van der Waals surface area contributed by atoms with Crippen LogP contribution in [0.3, 0.4) is 0 Å². The number of hydrogen-bond donors (Lipinski definition) is 1. The van der Waals surface area contributed by atoms with Gasteiger partial charge in [-0.2, -0.15) is 0 Å². The number of carbonyl (C=O) groups is 2. The van der Waals surface area contributed by atoms with Crippen LogP contribution in [0.15, 0.2) is 35.8 Å². The Morgan fingerprint density at radius 3 is 3.11 bits per heavy atom. The SMILES string of the molecule is O=C(Cn1ccnc1)NC[C@H]1[C@H]2CN(C(=O)c3cocn3)C[C@]23CC[C@H]1O3. The maximum Gasteiger partial charge on any atom is 0.275 e. The number of aromatic nitrogens is 3. The molecule has 1 N–H and O–H groups in total. The van der Waals surface area contributed by atoms with E-state index in [-0.39, 0.29) is 41.9 Å². The Labute approximate surface area is 155 Å². The Morgan fingerprint density at radius 2 is 2.33 bits per heavy atom. The van der Waals surface area contributed by atoms with Crippen LogP contribution < -0.4 is 5.32 Å². The highest BCUT2D eigenvalue weighted by molar-refractivity contribution is 5.92. The number of fused-ring (bicyclic) bond motifs is 1. The molecule has 9 nitrogen and oxygen atoms in total. The van der Waals surface area contributed by atoms with Gasteiger partial charge in [0, 0.05) is 37.3 Å². The monoisotopic (exact) mass is 371 g/mol. The predicted octanol–water partition coefficient (Wildman–Crippen LogP) is 0.307. The van der Waals surface area contributed by atoms with Gasteiger partial charge in [-0.25, -0.2) is 9.97 Å². The van der Waals surface area contributed by atoms with E-state index in [1.807, 2.05) is 4.90 Å². The zero-order chi connectivity index (χ0) is 18.4. The fraction of sp³-hybridized carbons (Fsp3) is 0.556. The summed E-state index contributed by atoms with van der Waals surface area (Å²) in [6.45, 7) is 2.03. The number of likely N-dealkylation sites (tertiary alicyclic amines) is 1. The topological polar surface area (TPSA) is 102 Å². The number of imidazole rings is 1. The molecular weight excluding hydrogens is 350 g/mol. The van der Waals surface area contributed by atoms with Crippen molar-refractivity contribution in [3.63, 3.8) is 0 Å². The molecule has 0 radical (unpaired) electrons. The lowest BCUT2D eigenvalue weighted by molar-refractivity contribution is -0.122. The highest BCUT2D eigenvalue weighted by atomic mass is 16.5. The molecule has 2 amide bonds. The summed E-state index contributed by atoms with van der Waals surface area (Å²) in [5, 5.41) is 3.03. The van der Waals surface area contributed by atoms with Crippen molar-refractivity contribution in [3.05, 3.63) is 37.1 Å². The van der Waals surface area contributed by atoms with Gasteiger partial charge in [-0.1, -0.05) is 0 Å². The normalized spacial score (nSPS) is 31.3. The number of ether oxygens (including phenoxy) is 1. The third-order valence-corrected chi connectivity index (χ3v) is 6.14. The number of oxazole rings is 1. The molecule has 2 aromatic rings. The van der Waals surface area contributed by atoms with Crippen LogP contribution in [0.2, 0.25) is 0 Å². The van der Waals surface area contributed by atoms with Crippen molar-refractivity contribution in [2.45, 2.75) is 31.1 Å². The van der Waals surface area contributed by atoms with Crippen LogP contribution in [-0.2, 0) is 16.1 Å². The molecule has 3 aliphatic heterocycles. The molecule has 5 heterocycles. The smallest absolute Gasteiger partial charge is 0.275 e. The summed E-state index contributed by atoms with van der Waals surface area (Å²) in [6.07, 6.45) is 9.78. The van der Waals surface area contributed by atoms with Gasteiger partial charge in [0.25, 0.3) is 5.91 Å². The first kappa shape index (κ1) is 16.5. The number of amides is 2. The van der Waals surface area contributed by atoms with Gasteiger partial charge < -0.3 is 23.9 Å². The summed E-state index contributed by atoms with van der Waals surface area (Å²) in [6, 6.07) is 0. The van der Waals surface area contributed by atoms with Gasteiger partial charge in [0.2, 0.25) is 5.91 Å². The van der Waals surface area contributed by atoms with Gasteiger partial charge in [-0.3, -0.25) is 9.59 Å². The molecular formula is C18H21N5O4. The zero-order valence-electron chi connectivity index (χ0n) is 14.8. The first-order valence-corrected chi connectivity index (χ1v) is 9.22. The van der Waals surface area contributed by atoms with Crippen LogP contribution >= 0.6 is 0 Å². The highest BCUT2D eigenvalue weighted by Gasteiger charge is 2.63. The molecule has 4 atom stereocenters. The van der Waals surface area contributed by atoms with Crippen molar-refractivity contribution in [2.24, 2.45) is 11.8 Å². The van der Waals surface area contributed by atoms with Crippen molar-refractivity contribution in [1.82, 2.24) is 24.8 Å². The van der Waals surface area contributed by atoms with E-state index >= 15 is 0 Å². The second kappa shape index (κ2) is 6.19. The number of nitrogens with one attached hydrogen (secondary N) is 1. The van der Waals surface area contributed by atoms with Crippen molar-refractivity contribution in [3.8, 4) is 0 Å². The average Bonchev–Trinajstić information content (AvgIpc) is 3.46. The minimum atomic E-state index is -0.274. The first-order chi connectivity index (χ1) is 13.1. The molecule has 2 aromatic heterocycles. The Morgan fingerprint density at radius 1 is 1.41 bits per heavy atom. The summed E-state index contributed by atoms with van der Waals surface area (Å²) >= 11 is 0. The lowest BCUT2D eigenvalue weighted by Crippen LogP contribution is -2.42. The molecule has 142 valence electrons. The van der Waals surface area contributed by atoms with Crippen molar-refractivity contribution < 1.29 is 18.7 Å². The van der Waals surface area contributed by atoms with E-state index in [0.717, 1.165) is 12.8 Å². The minimum absolute atomic E-state index is 0.0432. The van der Waals surface area contributed by atoms with Crippen molar-refractivity contribution in [1.29, 1.82) is 0 Å². The summed E-state index contributed by atoms with van der Waals surface area (Å²) < 4.78 is 13.0. The zero-order valence-corrected chi connectivity index (χ0v) is 14.8. The quantitative estimate of drug-likeness (QED) is 0.811. The molecule has 0 aliphatic carbocycles. The van der Waals surface area contributed by atoms with Crippen LogP contribution in [0.4, 0.5) is 0 Å². The number of carbonyl (C=O) groups excluding carboxylic acids is 2. The summed E-state index contributed by atoms with van der Waals surface area (Å²) in [5.41, 5.74) is 0.0511. The van der Waals surface area contributed by atoms with Gasteiger partial charge in [0.05, 0.1) is 24.6 Å². The average molecular weight is 371 g/mol. The van der Waals surface area contributed by atoms with Gasteiger partial charge in [-0.15, -0.1) is 0 Å². The molecule has 5 rings (SSSR count). The predicted molar refractivity (Wildman–Crippen MR) is 91.5 cm³/mol.